The van der Waals surface area contributed by atoms with Crippen LogP contribution in [0.4, 0.5) is 5.69 Å². The fourth-order valence-corrected chi connectivity index (χ4v) is 3.40. The van der Waals surface area contributed by atoms with Crippen LogP contribution in [0.2, 0.25) is 5.02 Å². The molecule has 3 nitrogen and oxygen atoms in total. The Balaban J connectivity index is 2.15. The zero-order chi connectivity index (χ0) is 15.7. The van der Waals surface area contributed by atoms with Gasteiger partial charge in [0.15, 0.2) is 0 Å². The topological polar surface area (TPSA) is 49.3 Å². The highest BCUT2D eigenvalue weighted by Crippen LogP contribution is 2.42. The van der Waals surface area contributed by atoms with Crippen molar-refractivity contribution in [2.24, 2.45) is 11.3 Å². The first-order valence-corrected chi connectivity index (χ1v) is 7.88. The highest BCUT2D eigenvalue weighted by atomic mass is 35.5. The summed E-state index contributed by atoms with van der Waals surface area (Å²) >= 11 is 5.98. The Bertz CT molecular complexity index is 514. The molecule has 0 amide bonds. The summed E-state index contributed by atoms with van der Waals surface area (Å²) in [5.41, 5.74) is 0.145. The van der Waals surface area contributed by atoms with E-state index in [1.165, 1.54) is 0 Å². The maximum atomic E-state index is 11.8. The molecule has 1 saturated carbocycles. The van der Waals surface area contributed by atoms with E-state index in [1.54, 1.807) is 12.1 Å². The normalized spacial score (nSPS) is 26.4. The number of hydrogen-bond donors (Lipinski definition) is 2. The van der Waals surface area contributed by atoms with Gasteiger partial charge in [-0.15, -0.1) is 0 Å². The molecular weight excluding hydrogens is 286 g/mol. The van der Waals surface area contributed by atoms with Crippen molar-refractivity contribution in [2.75, 3.05) is 5.32 Å². The molecule has 2 rings (SSSR count). The molecule has 0 atom stereocenters. The summed E-state index contributed by atoms with van der Waals surface area (Å²) in [6.45, 7) is 6.70. The Morgan fingerprint density at radius 1 is 1.33 bits per heavy atom. The average molecular weight is 310 g/mol. The second-order valence-electron chi connectivity index (χ2n) is 7.16. The summed E-state index contributed by atoms with van der Waals surface area (Å²) < 4.78 is 0. The van der Waals surface area contributed by atoms with Gasteiger partial charge < -0.3 is 10.4 Å². The lowest BCUT2D eigenvalue weighted by Gasteiger charge is -2.42. The van der Waals surface area contributed by atoms with E-state index in [1.807, 2.05) is 12.1 Å². The molecule has 2 N–H and O–H groups in total. The molecule has 116 valence electrons. The molecule has 21 heavy (non-hydrogen) atoms. The number of carbonyl (C=O) groups is 1. The molecule has 0 radical (unpaired) electrons. The van der Waals surface area contributed by atoms with Crippen molar-refractivity contribution in [1.82, 2.24) is 0 Å². The molecule has 0 bridgehead atoms. The Labute approximate surface area is 131 Å². The predicted octanol–water partition coefficient (Wildman–Crippen LogP) is 4.81. The number of carboxylic acid groups (broad SMARTS) is 1. The van der Waals surface area contributed by atoms with Crippen molar-refractivity contribution < 1.29 is 9.90 Å². The molecule has 0 aliphatic heterocycles. The Morgan fingerprint density at radius 2 is 1.95 bits per heavy atom. The van der Waals surface area contributed by atoms with Gasteiger partial charge in [-0.2, -0.15) is 0 Å². The van der Waals surface area contributed by atoms with Crippen molar-refractivity contribution in [3.63, 3.8) is 0 Å². The van der Waals surface area contributed by atoms with Crippen molar-refractivity contribution >= 4 is 23.3 Å². The molecule has 0 heterocycles. The number of anilines is 1. The first-order valence-electron chi connectivity index (χ1n) is 7.50. The van der Waals surface area contributed by atoms with Gasteiger partial charge in [0, 0.05) is 10.7 Å². The van der Waals surface area contributed by atoms with E-state index in [2.05, 4.69) is 26.1 Å². The first kappa shape index (κ1) is 16.2. The monoisotopic (exact) mass is 309 g/mol. The van der Waals surface area contributed by atoms with Crippen LogP contribution >= 0.6 is 11.6 Å². The molecule has 0 aromatic heterocycles. The zero-order valence-corrected chi connectivity index (χ0v) is 13.7. The first-order chi connectivity index (χ1) is 9.73. The largest absolute Gasteiger partial charge is 0.480 e. The molecule has 1 aliphatic rings. The van der Waals surface area contributed by atoms with Gasteiger partial charge in [-0.05, 0) is 55.2 Å². The molecule has 1 aromatic rings. The standard InChI is InChI=1S/C17H24ClNO2/c1-16(2,3)12-7-9-17(10-8-12,15(20)21)19-14-6-4-5-13(18)11-14/h4-6,11-12,19H,7-10H2,1-3H3,(H,20,21). The van der Waals surface area contributed by atoms with E-state index in [4.69, 9.17) is 11.6 Å². The number of hydrogen-bond acceptors (Lipinski definition) is 2. The van der Waals surface area contributed by atoms with E-state index >= 15 is 0 Å². The third kappa shape index (κ3) is 3.70. The van der Waals surface area contributed by atoms with Crippen LogP contribution in [-0.4, -0.2) is 16.6 Å². The minimum atomic E-state index is -0.869. The highest BCUT2D eigenvalue weighted by Gasteiger charge is 2.44. The predicted molar refractivity (Wildman–Crippen MR) is 86.9 cm³/mol. The smallest absolute Gasteiger partial charge is 0.329 e. The van der Waals surface area contributed by atoms with Gasteiger partial charge >= 0.3 is 5.97 Å². The quantitative estimate of drug-likeness (QED) is 0.842. The lowest BCUT2D eigenvalue weighted by atomic mass is 9.67. The molecule has 4 heteroatoms. The maximum absolute atomic E-state index is 11.8. The van der Waals surface area contributed by atoms with Crippen LogP contribution in [0.5, 0.6) is 0 Å². The van der Waals surface area contributed by atoms with Gasteiger partial charge in [0.1, 0.15) is 5.54 Å². The third-order valence-corrected chi connectivity index (χ3v) is 4.92. The van der Waals surface area contributed by atoms with Crippen molar-refractivity contribution in [3.8, 4) is 0 Å². The highest BCUT2D eigenvalue weighted by molar-refractivity contribution is 6.30. The fraction of sp³-hybridized carbons (Fsp3) is 0.588. The van der Waals surface area contributed by atoms with Gasteiger partial charge in [0.2, 0.25) is 0 Å². The fourth-order valence-electron chi connectivity index (χ4n) is 3.21. The summed E-state index contributed by atoms with van der Waals surface area (Å²) in [7, 11) is 0. The van der Waals surface area contributed by atoms with Gasteiger partial charge in [-0.25, -0.2) is 4.79 Å². The second kappa shape index (κ2) is 5.88. The zero-order valence-electron chi connectivity index (χ0n) is 12.9. The molecule has 0 saturated heterocycles. The maximum Gasteiger partial charge on any atom is 0.329 e. The van der Waals surface area contributed by atoms with Gasteiger partial charge in [0.25, 0.3) is 0 Å². The summed E-state index contributed by atoms with van der Waals surface area (Å²) in [5.74, 6) is -0.194. The summed E-state index contributed by atoms with van der Waals surface area (Å²) in [4.78, 5) is 11.8. The van der Waals surface area contributed by atoms with E-state index < -0.39 is 11.5 Å². The van der Waals surface area contributed by atoms with E-state index in [0.29, 0.717) is 23.8 Å². The van der Waals surface area contributed by atoms with Crippen molar-refractivity contribution in [1.29, 1.82) is 0 Å². The average Bonchev–Trinajstić information content (AvgIpc) is 2.38. The molecule has 1 aliphatic carbocycles. The number of halogens is 1. The minimum Gasteiger partial charge on any atom is -0.480 e. The Hall–Kier alpha value is -1.22. The third-order valence-electron chi connectivity index (χ3n) is 4.68. The number of benzene rings is 1. The Kier molecular flexibility index (Phi) is 4.52. The van der Waals surface area contributed by atoms with Crippen LogP contribution in [0.1, 0.15) is 46.5 Å². The summed E-state index contributed by atoms with van der Waals surface area (Å²) in [6.07, 6.45) is 3.17. The molecular formula is C17H24ClNO2. The summed E-state index contributed by atoms with van der Waals surface area (Å²) in [5, 5.41) is 13.6. The lowest BCUT2D eigenvalue weighted by Crippen LogP contribution is -2.50. The lowest BCUT2D eigenvalue weighted by molar-refractivity contribution is -0.144. The molecule has 0 unspecified atom stereocenters. The molecule has 1 fully saturated rings. The van der Waals surface area contributed by atoms with Gasteiger partial charge in [-0.1, -0.05) is 38.4 Å². The van der Waals surface area contributed by atoms with Crippen molar-refractivity contribution in [2.45, 2.75) is 52.0 Å². The van der Waals surface area contributed by atoms with E-state index in [9.17, 15) is 9.90 Å². The van der Waals surface area contributed by atoms with Crippen LogP contribution in [0.3, 0.4) is 0 Å². The van der Waals surface area contributed by atoms with E-state index in [0.717, 1.165) is 18.5 Å². The summed E-state index contributed by atoms with van der Waals surface area (Å²) in [6, 6.07) is 7.27. The SMILES string of the molecule is CC(C)(C)C1CCC(Nc2cccc(Cl)c2)(C(=O)O)CC1. The van der Waals surface area contributed by atoms with Crippen LogP contribution in [-0.2, 0) is 4.79 Å². The number of rotatable bonds is 3. The molecule has 1 aromatic carbocycles. The van der Waals surface area contributed by atoms with E-state index in [-0.39, 0.29) is 5.41 Å². The molecule has 0 spiro atoms. The van der Waals surface area contributed by atoms with Gasteiger partial charge in [0.05, 0.1) is 0 Å². The number of aliphatic carboxylic acids is 1. The van der Waals surface area contributed by atoms with Crippen LogP contribution in [0.25, 0.3) is 0 Å². The Morgan fingerprint density at radius 3 is 2.43 bits per heavy atom. The van der Waals surface area contributed by atoms with Crippen LogP contribution in [0, 0.1) is 11.3 Å². The number of nitrogens with one attached hydrogen (secondary N) is 1. The minimum absolute atomic E-state index is 0.237. The van der Waals surface area contributed by atoms with Crippen LogP contribution < -0.4 is 5.32 Å². The van der Waals surface area contributed by atoms with Gasteiger partial charge in [-0.3, -0.25) is 0 Å². The number of carboxylic acids is 1. The van der Waals surface area contributed by atoms with Crippen molar-refractivity contribution in [3.05, 3.63) is 29.3 Å². The second-order valence-corrected chi connectivity index (χ2v) is 7.60. The van der Waals surface area contributed by atoms with Crippen LogP contribution in [0.15, 0.2) is 24.3 Å².